The van der Waals surface area contributed by atoms with Crippen LogP contribution in [0.2, 0.25) is 0 Å². The van der Waals surface area contributed by atoms with Gasteiger partial charge in [-0.2, -0.15) is 13.2 Å². The third-order valence-corrected chi connectivity index (χ3v) is 4.18. The van der Waals surface area contributed by atoms with Crippen molar-refractivity contribution < 1.29 is 26.0 Å². The highest BCUT2D eigenvalue weighted by atomic mass is 32.2. The van der Waals surface area contributed by atoms with Gasteiger partial charge in [0, 0.05) is 31.2 Å². The molecular weight excluding hydrogens is 324 g/mol. The molecule has 1 saturated heterocycles. The Labute approximate surface area is 126 Å². The quantitative estimate of drug-likeness (QED) is 0.853. The molecule has 0 aromatic heterocycles. The largest absolute Gasteiger partial charge is 0.416 e. The summed E-state index contributed by atoms with van der Waals surface area (Å²) < 4.78 is 76.4. The average Bonchev–Trinajstić information content (AvgIpc) is 2.75. The number of nitrogens with zero attached hydrogens (tertiary/aromatic N) is 1. The van der Waals surface area contributed by atoms with Gasteiger partial charge >= 0.3 is 6.18 Å². The normalized spacial score (nSPS) is 20.5. The van der Waals surface area contributed by atoms with Crippen molar-refractivity contribution in [3.8, 4) is 0 Å². The van der Waals surface area contributed by atoms with Crippen molar-refractivity contribution in [1.82, 2.24) is 9.62 Å². The Kier molecular flexibility index (Phi) is 4.78. The molecule has 0 amide bonds. The molecule has 0 unspecified atom stereocenters. The Morgan fingerprint density at radius 2 is 2.05 bits per heavy atom. The Hall–Kier alpha value is -1.19. The van der Waals surface area contributed by atoms with Crippen LogP contribution in [0.5, 0.6) is 0 Å². The number of sulfonamides is 1. The molecular formula is C13H16F4N2O2S. The van der Waals surface area contributed by atoms with Crippen LogP contribution >= 0.6 is 0 Å². The molecule has 1 fully saturated rings. The molecule has 22 heavy (non-hydrogen) atoms. The monoisotopic (exact) mass is 340 g/mol. The van der Waals surface area contributed by atoms with E-state index >= 15 is 0 Å². The fourth-order valence-electron chi connectivity index (χ4n) is 2.49. The standard InChI is InChI=1S/C13H16F4N2O2S/c1-22(20,21)18-11-4-5-19(8-11)7-9-6-10(13(15,16)17)2-3-12(9)14/h2-3,6,11,18H,4-5,7-8H2,1H3/t11-/m1/s1. The number of hydrogen-bond donors (Lipinski definition) is 1. The van der Waals surface area contributed by atoms with Crippen LogP contribution in [0.4, 0.5) is 17.6 Å². The summed E-state index contributed by atoms with van der Waals surface area (Å²) in [6.45, 7) is 0.837. The van der Waals surface area contributed by atoms with Crippen molar-refractivity contribution in [2.75, 3.05) is 19.3 Å². The summed E-state index contributed by atoms with van der Waals surface area (Å²) in [6, 6.07) is 2.01. The lowest BCUT2D eigenvalue weighted by Crippen LogP contribution is -2.36. The molecule has 1 atom stereocenters. The minimum absolute atomic E-state index is 0.0116. The van der Waals surface area contributed by atoms with Gasteiger partial charge in [-0.15, -0.1) is 0 Å². The number of benzene rings is 1. The lowest BCUT2D eigenvalue weighted by Gasteiger charge is -2.18. The zero-order chi connectivity index (χ0) is 16.5. The van der Waals surface area contributed by atoms with Crippen LogP contribution in [0.3, 0.4) is 0 Å². The lowest BCUT2D eigenvalue weighted by atomic mass is 10.1. The first-order valence-electron chi connectivity index (χ1n) is 6.60. The van der Waals surface area contributed by atoms with Crippen LogP contribution in [0.1, 0.15) is 17.5 Å². The van der Waals surface area contributed by atoms with E-state index in [-0.39, 0.29) is 18.2 Å². The number of hydrogen-bond acceptors (Lipinski definition) is 3. The first kappa shape index (κ1) is 17.2. The maximum atomic E-state index is 13.7. The van der Waals surface area contributed by atoms with E-state index in [4.69, 9.17) is 0 Å². The van der Waals surface area contributed by atoms with Crippen molar-refractivity contribution >= 4 is 10.0 Å². The van der Waals surface area contributed by atoms with Gasteiger partial charge in [0.25, 0.3) is 0 Å². The molecule has 1 aliphatic rings. The van der Waals surface area contributed by atoms with Crippen LogP contribution < -0.4 is 4.72 Å². The molecule has 1 N–H and O–H groups in total. The van der Waals surface area contributed by atoms with E-state index in [1.807, 2.05) is 0 Å². The van der Waals surface area contributed by atoms with Gasteiger partial charge in [0.15, 0.2) is 0 Å². The summed E-state index contributed by atoms with van der Waals surface area (Å²) in [5.41, 5.74) is -0.941. The first-order chi connectivity index (χ1) is 10.0. The fraction of sp³-hybridized carbons (Fsp3) is 0.538. The van der Waals surface area contributed by atoms with Crippen molar-refractivity contribution in [3.63, 3.8) is 0 Å². The molecule has 1 aliphatic heterocycles. The van der Waals surface area contributed by atoms with Gasteiger partial charge in [0.2, 0.25) is 10.0 Å². The minimum Gasteiger partial charge on any atom is -0.297 e. The topological polar surface area (TPSA) is 49.4 Å². The highest BCUT2D eigenvalue weighted by molar-refractivity contribution is 7.88. The van der Waals surface area contributed by atoms with Gasteiger partial charge < -0.3 is 0 Å². The Bertz CT molecular complexity index is 646. The molecule has 124 valence electrons. The molecule has 1 aromatic rings. The van der Waals surface area contributed by atoms with Gasteiger partial charge in [-0.05, 0) is 24.6 Å². The van der Waals surface area contributed by atoms with E-state index in [1.54, 1.807) is 4.90 Å². The highest BCUT2D eigenvalue weighted by Crippen LogP contribution is 2.30. The third-order valence-electron chi connectivity index (χ3n) is 3.42. The summed E-state index contributed by atoms with van der Waals surface area (Å²) in [6.07, 6.45) is -2.94. The molecule has 4 nitrogen and oxygen atoms in total. The van der Waals surface area contributed by atoms with E-state index in [9.17, 15) is 26.0 Å². The lowest BCUT2D eigenvalue weighted by molar-refractivity contribution is -0.137. The first-order valence-corrected chi connectivity index (χ1v) is 8.49. The van der Waals surface area contributed by atoms with Gasteiger partial charge in [-0.3, -0.25) is 4.90 Å². The number of halogens is 4. The van der Waals surface area contributed by atoms with Crippen LogP contribution in [0.25, 0.3) is 0 Å². The van der Waals surface area contributed by atoms with Crippen molar-refractivity contribution in [3.05, 3.63) is 35.1 Å². The molecule has 0 spiro atoms. The molecule has 0 bridgehead atoms. The fourth-order valence-corrected chi connectivity index (χ4v) is 3.29. The Morgan fingerprint density at radius 3 is 2.64 bits per heavy atom. The molecule has 0 radical (unpaired) electrons. The molecule has 0 saturated carbocycles. The van der Waals surface area contributed by atoms with Gasteiger partial charge in [0.1, 0.15) is 5.82 Å². The predicted molar refractivity (Wildman–Crippen MR) is 73.1 cm³/mol. The van der Waals surface area contributed by atoms with Crippen molar-refractivity contribution in [1.29, 1.82) is 0 Å². The van der Waals surface area contributed by atoms with Gasteiger partial charge in [0.05, 0.1) is 11.8 Å². The summed E-state index contributed by atoms with van der Waals surface area (Å²) in [7, 11) is -3.34. The van der Waals surface area contributed by atoms with Crippen LogP contribution in [-0.4, -0.2) is 38.7 Å². The van der Waals surface area contributed by atoms with E-state index in [1.165, 1.54) is 0 Å². The second-order valence-electron chi connectivity index (χ2n) is 5.41. The van der Waals surface area contributed by atoms with E-state index in [0.29, 0.717) is 25.6 Å². The van der Waals surface area contributed by atoms with Gasteiger partial charge in [-0.25, -0.2) is 17.5 Å². The summed E-state index contributed by atoms with van der Waals surface area (Å²) in [5, 5.41) is 0. The SMILES string of the molecule is CS(=O)(=O)N[C@@H]1CCN(Cc2cc(C(F)(F)F)ccc2F)C1. The molecule has 0 aliphatic carbocycles. The molecule has 2 rings (SSSR count). The second-order valence-corrected chi connectivity index (χ2v) is 7.19. The van der Waals surface area contributed by atoms with E-state index in [0.717, 1.165) is 18.4 Å². The number of likely N-dealkylation sites (tertiary alicyclic amines) is 1. The zero-order valence-corrected chi connectivity index (χ0v) is 12.6. The zero-order valence-electron chi connectivity index (χ0n) is 11.8. The number of rotatable bonds is 4. The smallest absolute Gasteiger partial charge is 0.297 e. The molecule has 1 heterocycles. The maximum Gasteiger partial charge on any atom is 0.416 e. The van der Waals surface area contributed by atoms with E-state index in [2.05, 4.69) is 4.72 Å². The molecule has 1 aromatic carbocycles. The maximum absolute atomic E-state index is 13.7. The molecule has 9 heteroatoms. The van der Waals surface area contributed by atoms with Gasteiger partial charge in [-0.1, -0.05) is 0 Å². The van der Waals surface area contributed by atoms with Crippen molar-refractivity contribution in [2.45, 2.75) is 25.2 Å². The average molecular weight is 340 g/mol. The highest BCUT2D eigenvalue weighted by Gasteiger charge is 2.32. The number of alkyl halides is 3. The Morgan fingerprint density at radius 1 is 1.36 bits per heavy atom. The van der Waals surface area contributed by atoms with E-state index < -0.39 is 27.6 Å². The van der Waals surface area contributed by atoms with Crippen molar-refractivity contribution in [2.24, 2.45) is 0 Å². The number of nitrogens with one attached hydrogen (secondary N) is 1. The van der Waals surface area contributed by atoms with Crippen LogP contribution in [0, 0.1) is 5.82 Å². The summed E-state index contributed by atoms with van der Waals surface area (Å²) in [5.74, 6) is -0.701. The predicted octanol–water partition coefficient (Wildman–Crippen LogP) is 1.97. The summed E-state index contributed by atoms with van der Waals surface area (Å²) >= 11 is 0. The van der Waals surface area contributed by atoms with Crippen LogP contribution in [-0.2, 0) is 22.7 Å². The minimum atomic E-state index is -4.52. The third kappa shape index (κ3) is 4.65. The summed E-state index contributed by atoms with van der Waals surface area (Å²) in [4.78, 5) is 1.72. The van der Waals surface area contributed by atoms with Crippen LogP contribution in [0.15, 0.2) is 18.2 Å². The second kappa shape index (κ2) is 6.13. The Balaban J connectivity index is 2.06.